The predicted molar refractivity (Wildman–Crippen MR) is 155 cm³/mol. The van der Waals surface area contributed by atoms with Crippen molar-refractivity contribution in [3.8, 4) is 11.5 Å². The van der Waals surface area contributed by atoms with Gasteiger partial charge in [0.05, 0.1) is 24.8 Å². The molecule has 2 aliphatic rings. The van der Waals surface area contributed by atoms with Gasteiger partial charge in [-0.1, -0.05) is 53.6 Å². The maximum Gasteiger partial charge on any atom is 0.326 e. The summed E-state index contributed by atoms with van der Waals surface area (Å²) in [6.45, 7) is 6.69. The van der Waals surface area contributed by atoms with Gasteiger partial charge in [-0.25, -0.2) is 4.79 Å². The summed E-state index contributed by atoms with van der Waals surface area (Å²) in [5, 5.41) is 3.42. The molecule has 9 heteroatoms. The number of methoxy groups -OCH3 is 1. The van der Waals surface area contributed by atoms with Crippen LogP contribution in [0.1, 0.15) is 48.2 Å². The van der Waals surface area contributed by atoms with Crippen molar-refractivity contribution >= 4 is 29.4 Å². The second-order valence-electron chi connectivity index (χ2n) is 10.3. The Hall–Kier alpha value is -4.04. The van der Waals surface area contributed by atoms with Crippen LogP contribution in [0.15, 0.2) is 71.7 Å². The largest absolute Gasteiger partial charge is 0.497 e. The summed E-state index contributed by atoms with van der Waals surface area (Å²) < 4.78 is 11.7. The summed E-state index contributed by atoms with van der Waals surface area (Å²) in [6.07, 6.45) is -0.122. The Morgan fingerprint density at radius 2 is 1.75 bits per heavy atom. The molecule has 2 unspecified atom stereocenters. The van der Waals surface area contributed by atoms with Crippen molar-refractivity contribution in [2.75, 3.05) is 26.7 Å². The lowest BCUT2D eigenvalue weighted by atomic mass is 9.93. The van der Waals surface area contributed by atoms with E-state index in [0.29, 0.717) is 41.0 Å². The third kappa shape index (κ3) is 5.63. The zero-order valence-corrected chi connectivity index (χ0v) is 23.8. The number of amidine groups is 1. The first-order valence-electron chi connectivity index (χ1n) is 13.3. The van der Waals surface area contributed by atoms with Gasteiger partial charge < -0.3 is 19.7 Å². The van der Waals surface area contributed by atoms with Gasteiger partial charge in [0, 0.05) is 24.2 Å². The third-order valence-corrected chi connectivity index (χ3v) is 7.26. The average Bonchev–Trinajstić information content (AvgIpc) is 3.33. The molecule has 0 spiro atoms. The molecule has 0 aromatic heterocycles. The molecule has 0 aliphatic carbocycles. The molecule has 5 rings (SSSR count). The summed E-state index contributed by atoms with van der Waals surface area (Å²) in [5.74, 6) is 1.47. The fourth-order valence-electron chi connectivity index (χ4n) is 5.08. The number of nitrogens with zero attached hydrogens (tertiary/aromatic N) is 3. The zero-order valence-electron chi connectivity index (χ0n) is 23.1. The van der Waals surface area contributed by atoms with E-state index in [-0.39, 0.29) is 24.6 Å². The number of carbonyl (C=O) groups excluding carboxylic acids is 2. The fraction of sp³-hybridized carbons (Fsp3) is 0.323. The van der Waals surface area contributed by atoms with Crippen molar-refractivity contribution in [1.29, 1.82) is 0 Å². The topological polar surface area (TPSA) is 83.5 Å². The zero-order chi connectivity index (χ0) is 28.4. The molecule has 8 nitrogen and oxygen atoms in total. The molecule has 208 valence electrons. The summed E-state index contributed by atoms with van der Waals surface area (Å²) in [4.78, 5) is 35.2. The van der Waals surface area contributed by atoms with Crippen molar-refractivity contribution in [1.82, 2.24) is 15.1 Å². The van der Waals surface area contributed by atoms with Crippen molar-refractivity contribution < 1.29 is 19.1 Å². The van der Waals surface area contributed by atoms with Gasteiger partial charge in [-0.3, -0.25) is 14.7 Å². The molecule has 1 N–H and O–H groups in total. The number of amides is 3. The van der Waals surface area contributed by atoms with Crippen LogP contribution in [0, 0.1) is 6.92 Å². The lowest BCUT2D eigenvalue weighted by molar-refractivity contribution is -0.123. The van der Waals surface area contributed by atoms with Gasteiger partial charge in [0.25, 0.3) is 0 Å². The molecule has 3 amide bonds. The Morgan fingerprint density at radius 3 is 2.40 bits per heavy atom. The Kier molecular flexibility index (Phi) is 7.98. The molecule has 3 aromatic rings. The van der Waals surface area contributed by atoms with Crippen molar-refractivity contribution in [2.45, 2.75) is 39.0 Å². The minimum Gasteiger partial charge on any atom is -0.497 e. The second-order valence-corrected chi connectivity index (χ2v) is 10.7. The first-order valence-corrected chi connectivity index (χ1v) is 13.7. The Bertz CT molecular complexity index is 1420. The standard InChI is InChI=1S/C31H33ClN4O4/c1-19(2)40-26-17-24(39-4)13-14-25(26)30-34-28(21-9-11-23(32)12-10-21)29(22-7-5-20(3)6-8-22)36(30)31(38)35-16-15-33-27(37)18-35/h5-14,17,19,28-29H,15-16,18H2,1-4H3,(H,33,37). The van der Waals surface area contributed by atoms with Gasteiger partial charge in [-0.2, -0.15) is 0 Å². The van der Waals surface area contributed by atoms with Gasteiger partial charge in [0.2, 0.25) is 5.91 Å². The quantitative estimate of drug-likeness (QED) is 0.429. The number of ether oxygens (including phenoxy) is 2. The number of hydrogen-bond donors (Lipinski definition) is 1. The van der Waals surface area contributed by atoms with E-state index in [4.69, 9.17) is 26.1 Å². The number of nitrogens with one attached hydrogen (secondary N) is 1. The molecular weight excluding hydrogens is 528 g/mol. The normalized spacial score (nSPS) is 18.9. The predicted octanol–water partition coefficient (Wildman–Crippen LogP) is 5.54. The molecule has 2 atom stereocenters. The van der Waals surface area contributed by atoms with E-state index in [1.165, 1.54) is 0 Å². The molecule has 40 heavy (non-hydrogen) atoms. The SMILES string of the molecule is COc1ccc(C2=NC(c3ccc(Cl)cc3)C(c3ccc(C)cc3)N2C(=O)N2CCNC(=O)C2)c(OC(C)C)c1. The molecule has 0 bridgehead atoms. The van der Waals surface area contributed by atoms with Gasteiger partial charge in [-0.05, 0) is 56.2 Å². The Labute approximate surface area is 239 Å². The number of hydrogen-bond acceptors (Lipinski definition) is 5. The lowest BCUT2D eigenvalue weighted by Crippen LogP contribution is -2.55. The number of benzene rings is 3. The molecule has 0 saturated carbocycles. The summed E-state index contributed by atoms with van der Waals surface area (Å²) in [5.41, 5.74) is 3.62. The van der Waals surface area contributed by atoms with E-state index in [0.717, 1.165) is 16.7 Å². The Morgan fingerprint density at radius 1 is 1.05 bits per heavy atom. The van der Waals surface area contributed by atoms with Gasteiger partial charge in [-0.15, -0.1) is 0 Å². The van der Waals surface area contributed by atoms with Crippen LogP contribution in [0.3, 0.4) is 0 Å². The van der Waals surface area contributed by atoms with E-state index >= 15 is 0 Å². The van der Waals surface area contributed by atoms with Crippen LogP contribution < -0.4 is 14.8 Å². The lowest BCUT2D eigenvalue weighted by Gasteiger charge is -2.36. The number of aliphatic imine (C=N–C) groups is 1. The summed E-state index contributed by atoms with van der Waals surface area (Å²) >= 11 is 6.23. The maximum atomic E-state index is 14.4. The van der Waals surface area contributed by atoms with Gasteiger partial charge in [0.15, 0.2) is 0 Å². The fourth-order valence-corrected chi connectivity index (χ4v) is 5.20. The number of rotatable bonds is 6. The van der Waals surface area contributed by atoms with Crippen LogP contribution >= 0.6 is 11.6 Å². The van der Waals surface area contributed by atoms with Crippen LogP contribution in [-0.4, -0.2) is 60.4 Å². The van der Waals surface area contributed by atoms with Gasteiger partial charge >= 0.3 is 6.03 Å². The van der Waals surface area contributed by atoms with E-state index in [9.17, 15) is 9.59 Å². The van der Waals surface area contributed by atoms with E-state index in [1.807, 2.05) is 87.5 Å². The van der Waals surface area contributed by atoms with Crippen LogP contribution in [-0.2, 0) is 4.79 Å². The molecule has 1 saturated heterocycles. The van der Waals surface area contributed by atoms with Crippen LogP contribution in [0.2, 0.25) is 5.02 Å². The van der Waals surface area contributed by atoms with Crippen molar-refractivity contribution in [3.63, 3.8) is 0 Å². The molecule has 0 radical (unpaired) electrons. The number of aryl methyl sites for hydroxylation is 1. The van der Waals surface area contributed by atoms with E-state index < -0.39 is 12.1 Å². The molecule has 2 aliphatic heterocycles. The smallest absolute Gasteiger partial charge is 0.326 e. The Balaban J connectivity index is 1.71. The highest BCUT2D eigenvalue weighted by Gasteiger charge is 2.45. The second kappa shape index (κ2) is 11.6. The summed E-state index contributed by atoms with van der Waals surface area (Å²) in [6, 6.07) is 20.0. The van der Waals surface area contributed by atoms with E-state index in [2.05, 4.69) is 5.32 Å². The van der Waals surface area contributed by atoms with Crippen LogP contribution in [0.4, 0.5) is 4.79 Å². The third-order valence-electron chi connectivity index (χ3n) is 7.00. The first kappa shape index (κ1) is 27.5. The highest BCUT2D eigenvalue weighted by molar-refractivity contribution is 6.30. The van der Waals surface area contributed by atoms with E-state index in [1.54, 1.807) is 16.9 Å². The van der Waals surface area contributed by atoms with Gasteiger partial charge in [0.1, 0.15) is 29.9 Å². The van der Waals surface area contributed by atoms with Crippen molar-refractivity contribution in [2.24, 2.45) is 4.99 Å². The minimum absolute atomic E-state index is 0.0210. The van der Waals surface area contributed by atoms with Crippen molar-refractivity contribution in [3.05, 3.63) is 94.0 Å². The summed E-state index contributed by atoms with van der Waals surface area (Å²) in [7, 11) is 1.60. The number of carbonyl (C=O) groups is 2. The maximum absolute atomic E-state index is 14.4. The monoisotopic (exact) mass is 560 g/mol. The average molecular weight is 561 g/mol. The van der Waals surface area contributed by atoms with Crippen LogP contribution in [0.25, 0.3) is 0 Å². The highest BCUT2D eigenvalue weighted by atomic mass is 35.5. The van der Waals surface area contributed by atoms with Crippen LogP contribution in [0.5, 0.6) is 11.5 Å². The molecule has 1 fully saturated rings. The first-order chi connectivity index (χ1) is 19.2. The molecule has 2 heterocycles. The number of urea groups is 1. The minimum atomic E-state index is -0.469. The number of halogens is 1. The molecule has 3 aromatic carbocycles. The highest BCUT2D eigenvalue weighted by Crippen LogP contribution is 2.45. The number of piperazine rings is 1. The molecular formula is C31H33ClN4O4.